The van der Waals surface area contributed by atoms with Crippen LogP contribution in [0, 0.1) is 17.0 Å². The van der Waals surface area contributed by atoms with Crippen LogP contribution in [0.15, 0.2) is 18.2 Å². The topological polar surface area (TPSA) is 63.5 Å². The largest absolute Gasteiger partial charge is 0.337 e. The van der Waals surface area contributed by atoms with Gasteiger partial charge in [-0.25, -0.2) is 0 Å². The smallest absolute Gasteiger partial charge is 0.270 e. The molecule has 96 valence electrons. The minimum absolute atomic E-state index is 0.0430. The van der Waals surface area contributed by atoms with Crippen molar-refractivity contribution in [1.29, 1.82) is 0 Å². The second-order valence-corrected chi connectivity index (χ2v) is 5.69. The van der Waals surface area contributed by atoms with Gasteiger partial charge < -0.3 is 4.90 Å². The second kappa shape index (κ2) is 5.06. The van der Waals surface area contributed by atoms with Gasteiger partial charge in [0.2, 0.25) is 0 Å². The number of likely N-dealkylation sites (tertiary alicyclic amines) is 1. The molecule has 0 saturated carbocycles. The quantitative estimate of drug-likeness (QED) is 0.479. The summed E-state index contributed by atoms with van der Waals surface area (Å²) < 4.78 is 0. The first kappa shape index (κ1) is 13.0. The third-order valence-electron chi connectivity index (χ3n) is 3.08. The number of benzene rings is 1. The number of nitrogens with zero attached hydrogens (tertiary/aromatic N) is 2. The van der Waals surface area contributed by atoms with Gasteiger partial charge in [0.05, 0.1) is 4.92 Å². The van der Waals surface area contributed by atoms with Crippen molar-refractivity contribution in [1.82, 2.24) is 4.90 Å². The number of nitro groups is 1. The van der Waals surface area contributed by atoms with Crippen LogP contribution in [0.2, 0.25) is 0 Å². The maximum Gasteiger partial charge on any atom is 0.270 e. The number of non-ortho nitro benzene ring substituents is 1. The highest BCUT2D eigenvalue weighted by atomic mass is 79.9. The summed E-state index contributed by atoms with van der Waals surface area (Å²) in [5.41, 5.74) is 1.15. The van der Waals surface area contributed by atoms with Crippen LogP contribution in [0.3, 0.4) is 0 Å². The molecule has 1 fully saturated rings. The fraction of sp³-hybridized carbons (Fsp3) is 0.417. The van der Waals surface area contributed by atoms with Crippen molar-refractivity contribution in [2.24, 2.45) is 0 Å². The van der Waals surface area contributed by atoms with E-state index in [2.05, 4.69) is 15.9 Å². The number of aryl methyl sites for hydroxylation is 1. The van der Waals surface area contributed by atoms with Gasteiger partial charge in [0.1, 0.15) is 0 Å². The molecule has 0 bridgehead atoms. The number of halogens is 1. The van der Waals surface area contributed by atoms with Gasteiger partial charge in [0.15, 0.2) is 0 Å². The summed E-state index contributed by atoms with van der Waals surface area (Å²) in [4.78, 5) is 24.6. The van der Waals surface area contributed by atoms with Crippen molar-refractivity contribution in [3.05, 3.63) is 39.4 Å². The van der Waals surface area contributed by atoms with Gasteiger partial charge in [-0.05, 0) is 18.9 Å². The molecule has 1 aromatic rings. The van der Waals surface area contributed by atoms with E-state index in [0.29, 0.717) is 23.5 Å². The summed E-state index contributed by atoms with van der Waals surface area (Å²) in [5.74, 6) is -0.127. The van der Waals surface area contributed by atoms with Crippen molar-refractivity contribution in [3.8, 4) is 0 Å². The third-order valence-corrected chi connectivity index (χ3v) is 3.83. The molecule has 1 amide bonds. The molecule has 1 unspecified atom stereocenters. The standard InChI is InChI=1S/C12H13BrN2O3/c1-8-2-3-10(15(17)18)6-11(8)12(16)14-5-4-9(13)7-14/h2-3,6,9H,4-5,7H2,1H3. The summed E-state index contributed by atoms with van der Waals surface area (Å²) in [6.07, 6.45) is 0.916. The molecule has 1 aliphatic heterocycles. The highest BCUT2D eigenvalue weighted by Crippen LogP contribution is 2.23. The highest BCUT2D eigenvalue weighted by molar-refractivity contribution is 9.09. The molecule has 2 rings (SSSR count). The molecule has 6 heteroatoms. The molecule has 0 radical (unpaired) electrons. The Bertz CT molecular complexity index is 504. The molecule has 1 atom stereocenters. The normalized spacial score (nSPS) is 19.0. The van der Waals surface area contributed by atoms with Crippen LogP contribution in [0.4, 0.5) is 5.69 Å². The summed E-state index contributed by atoms with van der Waals surface area (Å²) in [5, 5.41) is 10.7. The zero-order valence-electron chi connectivity index (χ0n) is 9.93. The molecular weight excluding hydrogens is 300 g/mol. The molecular formula is C12H13BrN2O3. The lowest BCUT2D eigenvalue weighted by molar-refractivity contribution is -0.384. The summed E-state index contributed by atoms with van der Waals surface area (Å²) in [7, 11) is 0. The minimum Gasteiger partial charge on any atom is -0.337 e. The fourth-order valence-electron chi connectivity index (χ4n) is 2.03. The lowest BCUT2D eigenvalue weighted by atomic mass is 10.1. The van der Waals surface area contributed by atoms with Gasteiger partial charge in [0, 0.05) is 35.6 Å². The first-order chi connectivity index (χ1) is 8.49. The van der Waals surface area contributed by atoms with Crippen LogP contribution >= 0.6 is 15.9 Å². The summed E-state index contributed by atoms with van der Waals surface area (Å²) in [6, 6.07) is 4.40. The van der Waals surface area contributed by atoms with Crippen LogP contribution in [0.5, 0.6) is 0 Å². The van der Waals surface area contributed by atoms with Crippen molar-refractivity contribution in [2.45, 2.75) is 18.2 Å². The number of nitro benzene ring substituents is 1. The Hall–Kier alpha value is -1.43. The summed E-state index contributed by atoms with van der Waals surface area (Å²) >= 11 is 3.47. The minimum atomic E-state index is -0.479. The van der Waals surface area contributed by atoms with Gasteiger partial charge in [-0.15, -0.1) is 0 Å². The van der Waals surface area contributed by atoms with Crippen molar-refractivity contribution in [2.75, 3.05) is 13.1 Å². The van der Waals surface area contributed by atoms with Crippen LogP contribution in [-0.2, 0) is 0 Å². The molecule has 18 heavy (non-hydrogen) atoms. The van der Waals surface area contributed by atoms with Crippen LogP contribution in [-0.4, -0.2) is 33.6 Å². The lowest BCUT2D eigenvalue weighted by Gasteiger charge is -2.16. The fourth-order valence-corrected chi connectivity index (χ4v) is 2.58. The van der Waals surface area contributed by atoms with Crippen molar-refractivity contribution in [3.63, 3.8) is 0 Å². The van der Waals surface area contributed by atoms with E-state index < -0.39 is 4.92 Å². The van der Waals surface area contributed by atoms with Gasteiger partial charge in [-0.2, -0.15) is 0 Å². The van der Waals surface area contributed by atoms with E-state index in [1.807, 2.05) is 0 Å². The monoisotopic (exact) mass is 312 g/mol. The number of hydrogen-bond acceptors (Lipinski definition) is 3. The first-order valence-electron chi connectivity index (χ1n) is 5.67. The van der Waals surface area contributed by atoms with E-state index in [9.17, 15) is 14.9 Å². The van der Waals surface area contributed by atoms with Gasteiger partial charge in [-0.1, -0.05) is 22.0 Å². The Morgan fingerprint density at radius 1 is 1.56 bits per heavy atom. The average Bonchev–Trinajstić information content (AvgIpc) is 2.75. The van der Waals surface area contributed by atoms with E-state index in [4.69, 9.17) is 0 Å². The number of alkyl halides is 1. The third kappa shape index (κ3) is 2.53. The van der Waals surface area contributed by atoms with Gasteiger partial charge in [-0.3, -0.25) is 14.9 Å². The number of carbonyl (C=O) groups excluding carboxylic acids is 1. The number of rotatable bonds is 2. The van der Waals surface area contributed by atoms with Gasteiger partial charge in [0.25, 0.3) is 11.6 Å². The van der Waals surface area contributed by atoms with E-state index >= 15 is 0 Å². The maximum atomic E-state index is 12.3. The predicted molar refractivity (Wildman–Crippen MR) is 71.1 cm³/mol. The Balaban J connectivity index is 2.29. The zero-order chi connectivity index (χ0) is 13.3. The SMILES string of the molecule is Cc1ccc([N+](=O)[O-])cc1C(=O)N1CCC(Br)C1. The lowest BCUT2D eigenvalue weighted by Crippen LogP contribution is -2.29. The van der Waals surface area contributed by atoms with Gasteiger partial charge >= 0.3 is 0 Å². The van der Waals surface area contributed by atoms with Crippen LogP contribution in [0.25, 0.3) is 0 Å². The van der Waals surface area contributed by atoms with E-state index in [0.717, 1.165) is 12.0 Å². The molecule has 0 aromatic heterocycles. The number of carbonyl (C=O) groups is 1. The van der Waals surface area contributed by atoms with Crippen molar-refractivity contribution >= 4 is 27.5 Å². The molecule has 1 aromatic carbocycles. The number of hydrogen-bond donors (Lipinski definition) is 0. The molecule has 1 saturated heterocycles. The van der Waals surface area contributed by atoms with Crippen LogP contribution in [0.1, 0.15) is 22.3 Å². The van der Waals surface area contributed by atoms with E-state index in [1.165, 1.54) is 12.1 Å². The second-order valence-electron chi connectivity index (χ2n) is 4.39. The van der Waals surface area contributed by atoms with Crippen molar-refractivity contribution < 1.29 is 9.72 Å². The Labute approximate surface area is 113 Å². The average molecular weight is 313 g/mol. The summed E-state index contributed by atoms with van der Waals surface area (Å²) in [6.45, 7) is 3.14. The molecule has 0 aliphatic carbocycles. The zero-order valence-corrected chi connectivity index (χ0v) is 11.5. The van der Waals surface area contributed by atoms with Crippen LogP contribution < -0.4 is 0 Å². The Morgan fingerprint density at radius 3 is 2.83 bits per heavy atom. The maximum absolute atomic E-state index is 12.3. The Morgan fingerprint density at radius 2 is 2.28 bits per heavy atom. The molecule has 0 N–H and O–H groups in total. The van der Waals surface area contributed by atoms with E-state index in [-0.39, 0.29) is 11.6 Å². The highest BCUT2D eigenvalue weighted by Gasteiger charge is 2.26. The number of amides is 1. The molecule has 5 nitrogen and oxygen atoms in total. The van der Waals surface area contributed by atoms with E-state index in [1.54, 1.807) is 17.9 Å². The predicted octanol–water partition coefficient (Wildman–Crippen LogP) is 2.51. The molecule has 1 heterocycles. The molecule has 1 aliphatic rings. The molecule has 0 spiro atoms. The Kier molecular flexibility index (Phi) is 3.65. The first-order valence-corrected chi connectivity index (χ1v) is 6.59.